The number of aromatic nitrogens is 2. The van der Waals surface area contributed by atoms with Gasteiger partial charge in [0.15, 0.2) is 5.82 Å². The minimum atomic E-state index is -4.25. The Morgan fingerprint density at radius 3 is 2.44 bits per heavy atom. The monoisotopic (exact) mass is 278 g/mol. The molecule has 0 amide bonds. The fourth-order valence-corrected chi connectivity index (χ4v) is 2.65. The highest BCUT2D eigenvalue weighted by Gasteiger charge is 2.31. The zero-order valence-electron chi connectivity index (χ0n) is 10.1. The number of nitrogens with zero attached hydrogens (tertiary/aromatic N) is 2. The Hall–Kier alpha value is -1.12. The topological polar surface area (TPSA) is 89.4 Å². The molecular formula is C10H15FN2O4S. The van der Waals surface area contributed by atoms with E-state index in [9.17, 15) is 17.4 Å². The fourth-order valence-electron chi connectivity index (χ4n) is 1.61. The van der Waals surface area contributed by atoms with Gasteiger partial charge < -0.3 is 4.74 Å². The van der Waals surface area contributed by atoms with Gasteiger partial charge in [-0.25, -0.2) is 14.4 Å². The van der Waals surface area contributed by atoms with Gasteiger partial charge in [-0.15, -0.1) is 0 Å². The lowest BCUT2D eigenvalue weighted by molar-refractivity contribution is 0.190. The van der Waals surface area contributed by atoms with Crippen LogP contribution in [-0.2, 0) is 14.9 Å². The van der Waals surface area contributed by atoms with Crippen LogP contribution >= 0.6 is 0 Å². The molecule has 0 radical (unpaired) electrons. The van der Waals surface area contributed by atoms with Crippen LogP contribution in [0.1, 0.15) is 25.1 Å². The van der Waals surface area contributed by atoms with E-state index < -0.39 is 27.1 Å². The van der Waals surface area contributed by atoms with Gasteiger partial charge >= 0.3 is 0 Å². The molecule has 0 aliphatic heterocycles. The standard InChI is InChI=1S/C10H15FN2O4S/c1-7(10-12-5-8(11)6-13-10)9(3-4-17-2)18(14,15)16/h5-7,9H,3-4H2,1-2H3,(H,14,15,16). The highest BCUT2D eigenvalue weighted by atomic mass is 32.2. The van der Waals surface area contributed by atoms with E-state index in [2.05, 4.69) is 9.97 Å². The number of ether oxygens (including phenoxy) is 1. The molecule has 1 aromatic heterocycles. The van der Waals surface area contributed by atoms with Gasteiger partial charge in [-0.1, -0.05) is 6.92 Å². The van der Waals surface area contributed by atoms with Crippen molar-refractivity contribution < 1.29 is 22.1 Å². The molecule has 1 rings (SSSR count). The smallest absolute Gasteiger partial charge is 0.268 e. The second-order valence-corrected chi connectivity index (χ2v) is 5.52. The third-order valence-corrected chi connectivity index (χ3v) is 4.00. The quantitative estimate of drug-likeness (QED) is 0.781. The molecule has 0 aliphatic carbocycles. The summed E-state index contributed by atoms with van der Waals surface area (Å²) in [5, 5.41) is -1.08. The van der Waals surface area contributed by atoms with Crippen molar-refractivity contribution in [2.45, 2.75) is 24.5 Å². The van der Waals surface area contributed by atoms with Crippen LogP contribution in [0.5, 0.6) is 0 Å². The lowest BCUT2D eigenvalue weighted by atomic mass is 10.0. The Kier molecular flexibility index (Phi) is 5.12. The van der Waals surface area contributed by atoms with Crippen molar-refractivity contribution in [3.8, 4) is 0 Å². The van der Waals surface area contributed by atoms with Gasteiger partial charge in [-0.3, -0.25) is 4.55 Å². The summed E-state index contributed by atoms with van der Waals surface area (Å²) in [7, 11) is -2.82. The Labute approximate surface area is 105 Å². The molecule has 2 unspecified atom stereocenters. The van der Waals surface area contributed by atoms with E-state index in [0.717, 1.165) is 12.4 Å². The Balaban J connectivity index is 2.95. The lowest BCUT2D eigenvalue weighted by Crippen LogP contribution is -2.29. The molecule has 0 bridgehead atoms. The molecule has 0 saturated heterocycles. The number of rotatable bonds is 6. The fraction of sp³-hybridized carbons (Fsp3) is 0.600. The SMILES string of the molecule is COCCC(C(C)c1ncc(F)cn1)S(=O)(=O)O. The van der Waals surface area contributed by atoms with Crippen molar-refractivity contribution in [2.24, 2.45) is 0 Å². The summed E-state index contributed by atoms with van der Waals surface area (Å²) in [4.78, 5) is 7.44. The molecule has 1 aromatic rings. The van der Waals surface area contributed by atoms with Crippen molar-refractivity contribution in [3.63, 3.8) is 0 Å². The van der Waals surface area contributed by atoms with E-state index in [-0.39, 0.29) is 18.9 Å². The molecular weight excluding hydrogens is 263 g/mol. The molecule has 0 saturated carbocycles. The normalized spacial score (nSPS) is 15.3. The molecule has 0 aliphatic rings. The molecule has 18 heavy (non-hydrogen) atoms. The van der Waals surface area contributed by atoms with Crippen LogP contribution < -0.4 is 0 Å². The van der Waals surface area contributed by atoms with Crippen LogP contribution in [0.15, 0.2) is 12.4 Å². The van der Waals surface area contributed by atoms with Gasteiger partial charge in [0.2, 0.25) is 0 Å². The van der Waals surface area contributed by atoms with E-state index in [4.69, 9.17) is 4.74 Å². The van der Waals surface area contributed by atoms with E-state index >= 15 is 0 Å². The van der Waals surface area contributed by atoms with Crippen molar-refractivity contribution in [2.75, 3.05) is 13.7 Å². The molecule has 1 heterocycles. The summed E-state index contributed by atoms with van der Waals surface area (Å²) in [6, 6.07) is 0. The maximum Gasteiger partial charge on any atom is 0.268 e. The van der Waals surface area contributed by atoms with Gasteiger partial charge in [-0.2, -0.15) is 8.42 Å². The largest absolute Gasteiger partial charge is 0.385 e. The van der Waals surface area contributed by atoms with Gasteiger partial charge in [0, 0.05) is 19.6 Å². The molecule has 6 nitrogen and oxygen atoms in total. The lowest BCUT2D eigenvalue weighted by Gasteiger charge is -2.19. The first-order chi connectivity index (χ1) is 8.36. The predicted octanol–water partition coefficient (Wildman–Crippen LogP) is 1.01. The van der Waals surface area contributed by atoms with Gasteiger partial charge in [0.1, 0.15) is 5.82 Å². The van der Waals surface area contributed by atoms with Crippen molar-refractivity contribution in [3.05, 3.63) is 24.0 Å². The van der Waals surface area contributed by atoms with Crippen LogP contribution in [0.25, 0.3) is 0 Å². The molecule has 2 atom stereocenters. The van der Waals surface area contributed by atoms with E-state index in [1.54, 1.807) is 6.92 Å². The summed E-state index contributed by atoms with van der Waals surface area (Å²) >= 11 is 0. The number of halogens is 1. The molecule has 0 aromatic carbocycles. The van der Waals surface area contributed by atoms with Gasteiger partial charge in [-0.05, 0) is 6.42 Å². The third-order valence-electron chi connectivity index (χ3n) is 2.59. The minimum absolute atomic E-state index is 0.108. The van der Waals surface area contributed by atoms with Crippen LogP contribution in [0.4, 0.5) is 4.39 Å². The zero-order chi connectivity index (χ0) is 13.8. The summed E-state index contributed by atoms with van der Waals surface area (Å²) in [6.45, 7) is 1.73. The second kappa shape index (κ2) is 6.17. The number of hydrogen-bond donors (Lipinski definition) is 1. The van der Waals surface area contributed by atoms with Crippen LogP contribution in [0.3, 0.4) is 0 Å². The van der Waals surface area contributed by atoms with Crippen molar-refractivity contribution in [1.29, 1.82) is 0 Å². The zero-order valence-corrected chi connectivity index (χ0v) is 10.9. The molecule has 0 fully saturated rings. The first-order valence-corrected chi connectivity index (χ1v) is 6.79. The number of hydrogen-bond acceptors (Lipinski definition) is 5. The Bertz CT molecular complexity index is 477. The number of methoxy groups -OCH3 is 1. The van der Waals surface area contributed by atoms with Crippen LogP contribution in [0.2, 0.25) is 0 Å². The van der Waals surface area contributed by atoms with Crippen molar-refractivity contribution >= 4 is 10.1 Å². The average molecular weight is 278 g/mol. The van der Waals surface area contributed by atoms with Gasteiger partial charge in [0.25, 0.3) is 10.1 Å². The maximum atomic E-state index is 12.7. The summed E-state index contributed by atoms with van der Waals surface area (Å²) in [5.41, 5.74) is 0. The first kappa shape index (κ1) is 14.9. The minimum Gasteiger partial charge on any atom is -0.385 e. The first-order valence-electron chi connectivity index (χ1n) is 5.29. The average Bonchev–Trinajstić information content (AvgIpc) is 2.28. The van der Waals surface area contributed by atoms with Crippen LogP contribution in [-0.4, -0.2) is 41.9 Å². The molecule has 8 heteroatoms. The van der Waals surface area contributed by atoms with Crippen LogP contribution in [0, 0.1) is 5.82 Å². The summed E-state index contributed by atoms with van der Waals surface area (Å²) in [6.07, 6.45) is 2.02. The summed E-state index contributed by atoms with van der Waals surface area (Å²) < 4.78 is 49.2. The summed E-state index contributed by atoms with van der Waals surface area (Å²) in [5.74, 6) is -1.10. The Morgan fingerprint density at radius 2 is 2.00 bits per heavy atom. The maximum absolute atomic E-state index is 12.7. The van der Waals surface area contributed by atoms with E-state index in [1.165, 1.54) is 7.11 Å². The highest BCUT2D eigenvalue weighted by Crippen LogP contribution is 2.23. The van der Waals surface area contributed by atoms with Gasteiger partial charge in [0.05, 0.1) is 17.6 Å². The Morgan fingerprint density at radius 1 is 1.44 bits per heavy atom. The van der Waals surface area contributed by atoms with Crippen molar-refractivity contribution in [1.82, 2.24) is 9.97 Å². The molecule has 1 N–H and O–H groups in total. The second-order valence-electron chi connectivity index (χ2n) is 3.88. The third kappa shape index (κ3) is 3.97. The molecule has 102 valence electrons. The predicted molar refractivity (Wildman–Crippen MR) is 62.2 cm³/mol. The highest BCUT2D eigenvalue weighted by molar-refractivity contribution is 7.86. The van der Waals surface area contributed by atoms with E-state index in [1.807, 2.05) is 0 Å². The van der Waals surface area contributed by atoms with E-state index in [0.29, 0.717) is 0 Å². The molecule has 0 spiro atoms.